The van der Waals surface area contributed by atoms with Crippen molar-refractivity contribution in [3.05, 3.63) is 35.9 Å². The minimum atomic E-state index is 0.539. The molecule has 19 heavy (non-hydrogen) atoms. The highest BCUT2D eigenvalue weighted by Crippen LogP contribution is 2.46. The molecule has 1 nitrogen and oxygen atoms in total. The minimum Gasteiger partial charge on any atom is -0.309 e. The number of rotatable bonds is 9. The zero-order valence-electron chi connectivity index (χ0n) is 12.3. The summed E-state index contributed by atoms with van der Waals surface area (Å²) >= 11 is 2.04. The van der Waals surface area contributed by atoms with E-state index in [1.54, 1.807) is 0 Å². The molecule has 1 N–H and O–H groups in total. The summed E-state index contributed by atoms with van der Waals surface area (Å²) in [7, 11) is 0. The van der Waals surface area contributed by atoms with Gasteiger partial charge in [-0.3, -0.25) is 0 Å². The van der Waals surface area contributed by atoms with E-state index in [0.717, 1.165) is 0 Å². The second kappa shape index (κ2) is 7.35. The van der Waals surface area contributed by atoms with Crippen LogP contribution in [-0.2, 0) is 0 Å². The highest BCUT2D eigenvalue weighted by atomic mass is 32.2. The third kappa shape index (κ3) is 4.54. The number of hydrogen-bond acceptors (Lipinski definition) is 2. The van der Waals surface area contributed by atoms with Crippen LogP contribution < -0.4 is 5.32 Å². The topological polar surface area (TPSA) is 12.0 Å². The summed E-state index contributed by atoms with van der Waals surface area (Å²) in [4.78, 5) is 0. The monoisotopic (exact) mass is 277 g/mol. The molecular weight excluding hydrogens is 250 g/mol. The van der Waals surface area contributed by atoms with Gasteiger partial charge in [-0.15, -0.1) is 0 Å². The van der Waals surface area contributed by atoms with Gasteiger partial charge in [-0.25, -0.2) is 0 Å². The molecule has 1 unspecified atom stereocenters. The second-order valence-corrected chi connectivity index (χ2v) is 7.00. The van der Waals surface area contributed by atoms with Crippen LogP contribution >= 0.6 is 11.8 Å². The van der Waals surface area contributed by atoms with Crippen LogP contribution in [-0.4, -0.2) is 17.5 Å². The zero-order valence-corrected chi connectivity index (χ0v) is 13.1. The van der Waals surface area contributed by atoms with Crippen LogP contribution in [0.1, 0.15) is 57.1 Å². The molecule has 1 atom stereocenters. The molecule has 1 fully saturated rings. The van der Waals surface area contributed by atoms with Gasteiger partial charge in [0.05, 0.1) is 0 Å². The summed E-state index contributed by atoms with van der Waals surface area (Å²) in [6, 6.07) is 11.5. The quantitative estimate of drug-likeness (QED) is 0.651. The van der Waals surface area contributed by atoms with Crippen LogP contribution in [0.5, 0.6) is 0 Å². The molecule has 1 aliphatic carbocycles. The smallest absolute Gasteiger partial charge is 0.0320 e. The fourth-order valence-corrected chi connectivity index (χ4v) is 3.31. The van der Waals surface area contributed by atoms with Crippen molar-refractivity contribution in [2.24, 2.45) is 0 Å². The van der Waals surface area contributed by atoms with Gasteiger partial charge in [0.1, 0.15) is 0 Å². The zero-order chi connectivity index (χ0) is 13.6. The lowest BCUT2D eigenvalue weighted by Crippen LogP contribution is -2.30. The molecule has 1 aliphatic rings. The Kier molecular flexibility index (Phi) is 5.77. The van der Waals surface area contributed by atoms with Crippen molar-refractivity contribution < 1.29 is 0 Å². The first-order chi connectivity index (χ1) is 9.29. The molecule has 0 aromatic heterocycles. The molecule has 0 bridgehead atoms. The summed E-state index contributed by atoms with van der Waals surface area (Å²) in [6.45, 7) is 3.44. The van der Waals surface area contributed by atoms with Crippen LogP contribution in [0, 0.1) is 0 Å². The lowest BCUT2D eigenvalue weighted by atomic mass is 10.0. The molecule has 1 aromatic rings. The van der Waals surface area contributed by atoms with Gasteiger partial charge in [0, 0.05) is 17.3 Å². The average Bonchev–Trinajstić information content (AvgIpc) is 3.24. The van der Waals surface area contributed by atoms with Crippen molar-refractivity contribution in [3.63, 3.8) is 0 Å². The van der Waals surface area contributed by atoms with Crippen LogP contribution in [0.15, 0.2) is 30.3 Å². The lowest BCUT2D eigenvalue weighted by Gasteiger charge is -2.22. The average molecular weight is 277 g/mol. The molecule has 1 aromatic carbocycles. The number of hydrogen-bond donors (Lipinski definition) is 1. The number of nitrogens with one attached hydrogen (secondary N) is 1. The van der Waals surface area contributed by atoms with Crippen molar-refractivity contribution >= 4 is 11.8 Å². The molecule has 0 spiro atoms. The van der Waals surface area contributed by atoms with Crippen molar-refractivity contribution in [1.82, 2.24) is 5.32 Å². The maximum Gasteiger partial charge on any atom is 0.0320 e. The van der Waals surface area contributed by atoms with Gasteiger partial charge in [-0.1, -0.05) is 56.5 Å². The van der Waals surface area contributed by atoms with Crippen LogP contribution in [0.25, 0.3) is 0 Å². The standard InChI is InChI=1S/C17H27NS/c1-3-4-6-11-16(15-9-7-5-8-10-15)18-14-17(19-2)12-13-17/h5,7-10,16,18H,3-4,6,11-14H2,1-2H3. The van der Waals surface area contributed by atoms with Crippen molar-refractivity contribution in [3.8, 4) is 0 Å². The Morgan fingerprint density at radius 1 is 1.21 bits per heavy atom. The highest BCUT2D eigenvalue weighted by Gasteiger charge is 2.41. The van der Waals surface area contributed by atoms with E-state index in [9.17, 15) is 0 Å². The number of thioether (sulfide) groups is 1. The molecule has 0 saturated heterocycles. The summed E-state index contributed by atoms with van der Waals surface area (Å²) in [5, 5.41) is 3.83. The van der Waals surface area contributed by atoms with E-state index < -0.39 is 0 Å². The van der Waals surface area contributed by atoms with Crippen LogP contribution in [0.3, 0.4) is 0 Å². The van der Waals surface area contributed by atoms with Gasteiger partial charge in [0.2, 0.25) is 0 Å². The number of unbranched alkanes of at least 4 members (excludes halogenated alkanes) is 2. The SMILES string of the molecule is CCCCCC(NCC1(SC)CC1)c1ccccc1. The van der Waals surface area contributed by atoms with E-state index in [4.69, 9.17) is 0 Å². The van der Waals surface area contributed by atoms with Gasteiger partial charge in [-0.05, 0) is 31.1 Å². The Labute approximate surface area is 122 Å². The lowest BCUT2D eigenvalue weighted by molar-refractivity contribution is 0.471. The first kappa shape index (κ1) is 14.9. The molecule has 0 amide bonds. The fourth-order valence-electron chi connectivity index (χ4n) is 2.57. The molecule has 2 rings (SSSR count). The highest BCUT2D eigenvalue weighted by molar-refractivity contribution is 8.00. The Morgan fingerprint density at radius 2 is 1.95 bits per heavy atom. The molecular formula is C17H27NS. The molecule has 0 heterocycles. The molecule has 0 radical (unpaired) electrons. The largest absolute Gasteiger partial charge is 0.309 e. The third-order valence-electron chi connectivity index (χ3n) is 4.21. The Bertz CT molecular complexity index is 359. The van der Waals surface area contributed by atoms with Crippen LogP contribution in [0.2, 0.25) is 0 Å². The van der Waals surface area contributed by atoms with Gasteiger partial charge < -0.3 is 5.32 Å². The van der Waals surface area contributed by atoms with Crippen LogP contribution in [0.4, 0.5) is 0 Å². The first-order valence-electron chi connectivity index (χ1n) is 7.63. The van der Waals surface area contributed by atoms with E-state index in [-0.39, 0.29) is 0 Å². The maximum atomic E-state index is 3.83. The fraction of sp³-hybridized carbons (Fsp3) is 0.647. The molecule has 2 heteroatoms. The first-order valence-corrected chi connectivity index (χ1v) is 8.85. The van der Waals surface area contributed by atoms with Gasteiger partial charge in [-0.2, -0.15) is 11.8 Å². The Balaban J connectivity index is 1.90. The van der Waals surface area contributed by atoms with E-state index in [1.165, 1.54) is 50.6 Å². The second-order valence-electron chi connectivity index (χ2n) is 5.73. The van der Waals surface area contributed by atoms with Crippen molar-refractivity contribution in [1.29, 1.82) is 0 Å². The third-order valence-corrected chi connectivity index (χ3v) is 5.63. The van der Waals surface area contributed by atoms with Crippen molar-refractivity contribution in [2.45, 2.75) is 56.2 Å². The summed E-state index contributed by atoms with van der Waals surface area (Å²) in [6.07, 6.45) is 10.3. The summed E-state index contributed by atoms with van der Waals surface area (Å²) in [5.74, 6) is 0. The summed E-state index contributed by atoms with van der Waals surface area (Å²) in [5.41, 5.74) is 1.45. The molecule has 1 saturated carbocycles. The summed E-state index contributed by atoms with van der Waals surface area (Å²) < 4.78 is 0.553. The normalized spacial score (nSPS) is 18.2. The van der Waals surface area contributed by atoms with E-state index in [2.05, 4.69) is 48.8 Å². The van der Waals surface area contributed by atoms with E-state index >= 15 is 0 Å². The minimum absolute atomic E-state index is 0.539. The van der Waals surface area contributed by atoms with E-state index in [0.29, 0.717) is 10.8 Å². The maximum absolute atomic E-state index is 3.83. The molecule has 106 valence electrons. The van der Waals surface area contributed by atoms with Gasteiger partial charge in [0.25, 0.3) is 0 Å². The molecule has 0 aliphatic heterocycles. The van der Waals surface area contributed by atoms with Gasteiger partial charge in [0.15, 0.2) is 0 Å². The van der Waals surface area contributed by atoms with Crippen molar-refractivity contribution in [2.75, 3.05) is 12.8 Å². The predicted molar refractivity (Wildman–Crippen MR) is 86.8 cm³/mol. The predicted octanol–water partition coefficient (Wildman–Crippen LogP) is 4.79. The van der Waals surface area contributed by atoms with E-state index in [1.807, 2.05) is 11.8 Å². The number of benzene rings is 1. The van der Waals surface area contributed by atoms with Gasteiger partial charge >= 0.3 is 0 Å². The Morgan fingerprint density at radius 3 is 2.53 bits per heavy atom. The Hall–Kier alpha value is -0.470.